The Morgan fingerprint density at radius 1 is 1.15 bits per heavy atom. The molecule has 12 heteroatoms. The van der Waals surface area contributed by atoms with Gasteiger partial charge < -0.3 is 24.6 Å². The molecule has 2 atom stereocenters. The highest BCUT2D eigenvalue weighted by atomic mass is 32.2. The van der Waals surface area contributed by atoms with Gasteiger partial charge in [0.25, 0.3) is 0 Å². The molecule has 0 spiro atoms. The molecule has 4 rings (SSSR count). The monoisotopic (exact) mass is 575 g/mol. The van der Waals surface area contributed by atoms with Crippen molar-refractivity contribution >= 4 is 27.5 Å². The number of ether oxygens (including phenoxy) is 3. The molecule has 2 heterocycles. The summed E-state index contributed by atoms with van der Waals surface area (Å²) in [6.07, 6.45) is 0.656. The fraction of sp³-hybridized carbons (Fsp3) is 0.407. The number of aliphatic hydroxyl groups excluding tert-OH is 1. The molecule has 0 saturated carbocycles. The van der Waals surface area contributed by atoms with E-state index < -0.39 is 28.3 Å². The molecule has 0 unspecified atom stereocenters. The van der Waals surface area contributed by atoms with E-state index in [1.54, 1.807) is 17.8 Å². The number of aromatic nitrogens is 1. The smallest absolute Gasteiger partial charge is 0.407 e. The van der Waals surface area contributed by atoms with Crippen LogP contribution < -0.4 is 14.8 Å². The summed E-state index contributed by atoms with van der Waals surface area (Å²) in [6.45, 7) is 3.84. The Kier molecular flexibility index (Phi) is 9.78. The lowest BCUT2D eigenvalue weighted by Gasteiger charge is -2.30. The van der Waals surface area contributed by atoms with Crippen molar-refractivity contribution < 1.29 is 32.5 Å². The van der Waals surface area contributed by atoms with Crippen molar-refractivity contribution in [3.8, 4) is 11.5 Å². The molecule has 10 nitrogen and oxygen atoms in total. The standard InChI is InChI=1S/C27H33N3O7S2/c1-19(2)14-30(39(33,34)22-9-11-25-26(12-22)37-18-36-25)15-24(31)23(10-8-20-6-4-3-5-7-20)29-27(32)35-16-21-13-28-17-38-21/h3-7,9,11-13,17,19,23-24,31H,8,10,14-16,18H2,1-2H3,(H,29,32)/t23-,24+/m0/s1. The van der Waals surface area contributed by atoms with Gasteiger partial charge in [-0.2, -0.15) is 4.31 Å². The zero-order chi connectivity index (χ0) is 27.8. The van der Waals surface area contributed by atoms with Crippen LogP contribution in [0.1, 0.15) is 30.7 Å². The molecule has 0 radical (unpaired) electrons. The van der Waals surface area contributed by atoms with Crippen molar-refractivity contribution in [3.05, 3.63) is 70.7 Å². The van der Waals surface area contributed by atoms with Crippen LogP contribution in [0, 0.1) is 5.92 Å². The summed E-state index contributed by atoms with van der Waals surface area (Å²) in [5, 5.41) is 14.1. The van der Waals surface area contributed by atoms with Crippen molar-refractivity contribution in [2.75, 3.05) is 19.9 Å². The molecule has 3 aromatic rings. The molecule has 0 fully saturated rings. The van der Waals surface area contributed by atoms with Crippen molar-refractivity contribution in [1.29, 1.82) is 0 Å². The van der Waals surface area contributed by atoms with Crippen LogP contribution in [0.2, 0.25) is 0 Å². The number of aliphatic hydroxyl groups is 1. The predicted octanol–water partition coefficient (Wildman–Crippen LogP) is 3.81. The number of alkyl carbamates (subject to hydrolysis) is 1. The summed E-state index contributed by atoms with van der Waals surface area (Å²) in [7, 11) is -3.99. The van der Waals surface area contributed by atoms with Gasteiger partial charge >= 0.3 is 6.09 Å². The van der Waals surface area contributed by atoms with Crippen molar-refractivity contribution in [1.82, 2.24) is 14.6 Å². The van der Waals surface area contributed by atoms with Gasteiger partial charge in [0.05, 0.1) is 27.4 Å². The van der Waals surface area contributed by atoms with Crippen molar-refractivity contribution in [3.63, 3.8) is 0 Å². The van der Waals surface area contributed by atoms with Crippen LogP contribution in [0.3, 0.4) is 0 Å². The van der Waals surface area contributed by atoms with E-state index in [4.69, 9.17) is 14.2 Å². The van der Waals surface area contributed by atoms with E-state index >= 15 is 0 Å². The number of carbonyl (C=O) groups is 1. The highest BCUT2D eigenvalue weighted by molar-refractivity contribution is 7.89. The number of hydrogen-bond acceptors (Lipinski definition) is 9. The van der Waals surface area contributed by atoms with Gasteiger partial charge in [0.2, 0.25) is 16.8 Å². The Labute approximate surface area is 232 Å². The second-order valence-corrected chi connectivity index (χ2v) is 12.5. The van der Waals surface area contributed by atoms with Crippen LogP contribution in [-0.2, 0) is 27.8 Å². The first kappa shape index (κ1) is 28.8. The molecule has 2 N–H and O–H groups in total. The summed E-state index contributed by atoms with van der Waals surface area (Å²) < 4.78 is 44.6. The molecule has 0 bridgehead atoms. The van der Waals surface area contributed by atoms with E-state index in [1.165, 1.54) is 27.8 Å². The summed E-state index contributed by atoms with van der Waals surface area (Å²) in [5.74, 6) is 0.819. The van der Waals surface area contributed by atoms with Crippen LogP contribution in [0.25, 0.3) is 0 Å². The van der Waals surface area contributed by atoms with E-state index in [-0.39, 0.29) is 37.3 Å². The molecule has 1 aliphatic rings. The van der Waals surface area contributed by atoms with Gasteiger partial charge in [0.1, 0.15) is 6.61 Å². The molecule has 1 aliphatic heterocycles. The number of rotatable bonds is 13. The fourth-order valence-corrected chi connectivity index (χ4v) is 6.31. The lowest BCUT2D eigenvalue weighted by molar-refractivity contribution is 0.0849. The number of aryl methyl sites for hydroxylation is 1. The van der Waals surface area contributed by atoms with E-state index in [2.05, 4.69) is 10.3 Å². The molecule has 0 saturated heterocycles. The van der Waals surface area contributed by atoms with Gasteiger partial charge in [0, 0.05) is 25.4 Å². The first-order valence-electron chi connectivity index (χ1n) is 12.6. The first-order chi connectivity index (χ1) is 18.7. The highest BCUT2D eigenvalue weighted by Gasteiger charge is 2.32. The third-order valence-electron chi connectivity index (χ3n) is 6.12. The van der Waals surface area contributed by atoms with Crippen molar-refractivity contribution in [2.24, 2.45) is 5.92 Å². The van der Waals surface area contributed by atoms with Crippen LogP contribution >= 0.6 is 11.3 Å². The zero-order valence-electron chi connectivity index (χ0n) is 21.9. The summed E-state index contributed by atoms with van der Waals surface area (Å²) in [4.78, 5) is 17.4. The zero-order valence-corrected chi connectivity index (χ0v) is 23.5. The second kappa shape index (κ2) is 13.2. The second-order valence-electron chi connectivity index (χ2n) is 9.62. The van der Waals surface area contributed by atoms with E-state index in [0.717, 1.165) is 10.4 Å². The molecule has 0 aliphatic carbocycles. The first-order valence-corrected chi connectivity index (χ1v) is 15.0. The topological polar surface area (TPSA) is 127 Å². The quantitative estimate of drug-likeness (QED) is 0.315. The van der Waals surface area contributed by atoms with Crippen LogP contribution in [0.5, 0.6) is 11.5 Å². The molecule has 2 aromatic carbocycles. The van der Waals surface area contributed by atoms with Gasteiger partial charge in [-0.05, 0) is 36.5 Å². The number of nitrogens with one attached hydrogen (secondary N) is 1. The number of sulfonamides is 1. The van der Waals surface area contributed by atoms with Crippen LogP contribution in [-0.4, -0.2) is 60.9 Å². The molecule has 1 amide bonds. The number of fused-ring (bicyclic) bond motifs is 1. The van der Waals surface area contributed by atoms with Gasteiger partial charge in [-0.15, -0.1) is 11.3 Å². The largest absolute Gasteiger partial charge is 0.454 e. The molecular formula is C27H33N3O7S2. The minimum absolute atomic E-state index is 0.0129. The summed E-state index contributed by atoms with van der Waals surface area (Å²) >= 11 is 1.36. The lowest BCUT2D eigenvalue weighted by atomic mass is 10.0. The Balaban J connectivity index is 1.50. The minimum atomic E-state index is -3.99. The van der Waals surface area contributed by atoms with E-state index in [0.29, 0.717) is 24.3 Å². The Bertz CT molecular complexity index is 1320. The molecule has 210 valence electrons. The van der Waals surface area contributed by atoms with Gasteiger partial charge in [-0.3, -0.25) is 4.98 Å². The average molecular weight is 576 g/mol. The number of benzene rings is 2. The number of amides is 1. The molecule has 39 heavy (non-hydrogen) atoms. The van der Waals surface area contributed by atoms with Gasteiger partial charge in [0.15, 0.2) is 11.5 Å². The summed E-state index contributed by atoms with van der Waals surface area (Å²) in [5.41, 5.74) is 2.67. The summed E-state index contributed by atoms with van der Waals surface area (Å²) in [6, 6.07) is 13.4. The third-order valence-corrected chi connectivity index (χ3v) is 8.71. The van der Waals surface area contributed by atoms with Gasteiger partial charge in [-0.25, -0.2) is 13.2 Å². The molecular weight excluding hydrogens is 542 g/mol. The van der Waals surface area contributed by atoms with Gasteiger partial charge in [-0.1, -0.05) is 44.2 Å². The SMILES string of the molecule is CC(C)CN(C[C@@H](O)[C@H](CCc1ccccc1)NC(=O)OCc1cncs1)S(=O)(=O)c1ccc2c(c1)OCO2. The maximum atomic E-state index is 13.7. The average Bonchev–Trinajstić information content (AvgIpc) is 3.61. The number of thiazole rings is 1. The third kappa shape index (κ3) is 7.91. The number of hydrogen-bond donors (Lipinski definition) is 2. The van der Waals surface area contributed by atoms with Crippen LogP contribution in [0.4, 0.5) is 4.79 Å². The van der Waals surface area contributed by atoms with Crippen LogP contribution in [0.15, 0.2) is 65.1 Å². The Morgan fingerprint density at radius 2 is 1.92 bits per heavy atom. The Morgan fingerprint density at radius 3 is 2.64 bits per heavy atom. The molecule has 1 aromatic heterocycles. The Hall–Kier alpha value is -3.19. The number of carbonyl (C=O) groups excluding carboxylic acids is 1. The van der Waals surface area contributed by atoms with Crippen molar-refractivity contribution in [2.45, 2.75) is 50.3 Å². The highest BCUT2D eigenvalue weighted by Crippen LogP contribution is 2.35. The maximum Gasteiger partial charge on any atom is 0.407 e. The predicted molar refractivity (Wildman–Crippen MR) is 146 cm³/mol. The lowest BCUT2D eigenvalue weighted by Crippen LogP contribution is -2.50. The minimum Gasteiger partial charge on any atom is -0.454 e. The normalized spacial score (nSPS) is 14.4. The number of nitrogens with zero attached hydrogens (tertiary/aromatic N) is 2. The fourth-order valence-electron chi connectivity index (χ4n) is 4.17. The van der Waals surface area contributed by atoms with E-state index in [1.807, 2.05) is 44.2 Å². The maximum absolute atomic E-state index is 13.7. The van der Waals surface area contributed by atoms with E-state index in [9.17, 15) is 18.3 Å².